The van der Waals surface area contributed by atoms with Crippen molar-refractivity contribution in [3.63, 3.8) is 0 Å². The molecule has 72 valence electrons. The Labute approximate surface area is 83.6 Å². The molecule has 0 amide bonds. The van der Waals surface area contributed by atoms with Gasteiger partial charge in [-0.3, -0.25) is 4.40 Å². The summed E-state index contributed by atoms with van der Waals surface area (Å²) in [6, 6.07) is 7.59. The summed E-state index contributed by atoms with van der Waals surface area (Å²) in [5.41, 5.74) is 2.37. The van der Waals surface area contributed by atoms with Crippen molar-refractivity contribution in [3.8, 4) is 6.07 Å². The molecule has 0 saturated carbocycles. The van der Waals surface area contributed by atoms with Gasteiger partial charge in [-0.2, -0.15) is 5.26 Å². The lowest BCUT2D eigenvalue weighted by Crippen LogP contribution is -1.88. The number of nitriles is 1. The van der Waals surface area contributed by atoms with Crippen LogP contribution in [0, 0.1) is 18.3 Å². The Morgan fingerprint density at radius 3 is 2.71 bits per heavy atom. The molecular weight excluding hydrogens is 174 g/mol. The van der Waals surface area contributed by atoms with E-state index in [1.54, 1.807) is 10.5 Å². The van der Waals surface area contributed by atoms with Gasteiger partial charge in [-0.1, -0.05) is 19.9 Å². The molecule has 0 bridgehead atoms. The van der Waals surface area contributed by atoms with Crippen LogP contribution in [-0.4, -0.2) is 9.38 Å². The highest BCUT2D eigenvalue weighted by molar-refractivity contribution is 5.44. The summed E-state index contributed by atoms with van der Waals surface area (Å²) in [5, 5.41) is 8.75. The van der Waals surface area contributed by atoms with Gasteiger partial charge in [0.2, 0.25) is 0 Å². The average Bonchev–Trinajstić information content (AvgIpc) is 2.60. The van der Waals surface area contributed by atoms with Crippen molar-refractivity contribution in [2.45, 2.75) is 20.8 Å². The molecule has 3 nitrogen and oxygen atoms in total. The van der Waals surface area contributed by atoms with Crippen LogP contribution in [0.15, 0.2) is 24.4 Å². The van der Waals surface area contributed by atoms with Crippen LogP contribution in [0.1, 0.15) is 25.2 Å². The van der Waals surface area contributed by atoms with Crippen LogP contribution in [0.4, 0.5) is 0 Å². The lowest BCUT2D eigenvalue weighted by atomic mass is 10.4. The third kappa shape index (κ3) is 1.74. The molecule has 0 aromatic carbocycles. The highest BCUT2D eigenvalue weighted by Crippen LogP contribution is 2.06. The van der Waals surface area contributed by atoms with Crippen LogP contribution in [0.3, 0.4) is 0 Å². The van der Waals surface area contributed by atoms with Gasteiger partial charge >= 0.3 is 0 Å². The van der Waals surface area contributed by atoms with Gasteiger partial charge < -0.3 is 0 Å². The SMILES string of the molecule is CC.Cc1cn2c(C#N)cccc2n1. The van der Waals surface area contributed by atoms with Gasteiger partial charge in [0.1, 0.15) is 17.4 Å². The molecule has 14 heavy (non-hydrogen) atoms. The standard InChI is InChI=1S/C9H7N3.C2H6/c1-7-6-12-8(5-10)3-2-4-9(12)11-7;1-2/h2-4,6H,1H3;1-2H3. The summed E-state index contributed by atoms with van der Waals surface area (Å²) in [4.78, 5) is 4.23. The van der Waals surface area contributed by atoms with E-state index in [2.05, 4.69) is 11.1 Å². The number of imidazole rings is 1. The molecule has 0 saturated heterocycles. The van der Waals surface area contributed by atoms with Crippen LogP contribution < -0.4 is 0 Å². The van der Waals surface area contributed by atoms with E-state index in [1.807, 2.05) is 39.1 Å². The summed E-state index contributed by atoms with van der Waals surface area (Å²) in [6.07, 6.45) is 1.86. The Morgan fingerprint density at radius 2 is 2.07 bits per heavy atom. The van der Waals surface area contributed by atoms with Gasteiger partial charge in [0.15, 0.2) is 0 Å². The monoisotopic (exact) mass is 187 g/mol. The third-order valence-electron chi connectivity index (χ3n) is 1.73. The van der Waals surface area contributed by atoms with Crippen molar-refractivity contribution in [2.75, 3.05) is 0 Å². The van der Waals surface area contributed by atoms with Crippen molar-refractivity contribution >= 4 is 5.65 Å². The van der Waals surface area contributed by atoms with Crippen LogP contribution in [0.2, 0.25) is 0 Å². The van der Waals surface area contributed by atoms with Gasteiger partial charge in [-0.05, 0) is 19.1 Å². The normalized spacial score (nSPS) is 9.00. The molecule has 0 fully saturated rings. The number of hydrogen-bond acceptors (Lipinski definition) is 2. The molecule has 0 radical (unpaired) electrons. The number of fused-ring (bicyclic) bond motifs is 1. The Bertz CT molecular complexity index is 463. The van der Waals surface area contributed by atoms with Gasteiger partial charge in [-0.25, -0.2) is 4.98 Å². The first kappa shape index (κ1) is 10.3. The Kier molecular flexibility index (Phi) is 3.24. The van der Waals surface area contributed by atoms with E-state index < -0.39 is 0 Å². The van der Waals surface area contributed by atoms with Crippen molar-refractivity contribution in [2.24, 2.45) is 0 Å². The number of aryl methyl sites for hydroxylation is 1. The third-order valence-corrected chi connectivity index (χ3v) is 1.73. The van der Waals surface area contributed by atoms with E-state index in [0.717, 1.165) is 11.3 Å². The smallest absolute Gasteiger partial charge is 0.138 e. The number of nitrogens with zero attached hydrogens (tertiary/aromatic N) is 3. The highest BCUT2D eigenvalue weighted by Gasteiger charge is 1.99. The highest BCUT2D eigenvalue weighted by atomic mass is 15.0. The molecule has 0 atom stereocenters. The molecule has 0 aliphatic rings. The first-order valence-corrected chi connectivity index (χ1v) is 4.66. The zero-order valence-electron chi connectivity index (χ0n) is 8.65. The lowest BCUT2D eigenvalue weighted by molar-refractivity contribution is 1.14. The molecule has 3 heteroatoms. The van der Waals surface area contributed by atoms with E-state index >= 15 is 0 Å². The van der Waals surface area contributed by atoms with Crippen molar-refractivity contribution in [1.29, 1.82) is 5.26 Å². The molecular formula is C11H13N3. The minimum Gasteiger partial charge on any atom is -0.291 e. The summed E-state index contributed by atoms with van der Waals surface area (Å²) >= 11 is 0. The van der Waals surface area contributed by atoms with Gasteiger partial charge in [0.25, 0.3) is 0 Å². The van der Waals surface area contributed by atoms with Gasteiger partial charge in [0.05, 0.1) is 5.69 Å². The van der Waals surface area contributed by atoms with Crippen LogP contribution in [0.25, 0.3) is 5.65 Å². The maximum Gasteiger partial charge on any atom is 0.138 e. The maximum atomic E-state index is 8.75. The van der Waals surface area contributed by atoms with E-state index in [1.165, 1.54) is 0 Å². The first-order valence-electron chi connectivity index (χ1n) is 4.66. The van der Waals surface area contributed by atoms with E-state index in [4.69, 9.17) is 5.26 Å². The summed E-state index contributed by atoms with van der Waals surface area (Å²) in [6.45, 7) is 5.91. The molecule has 0 aliphatic carbocycles. The second-order valence-corrected chi connectivity index (χ2v) is 2.63. The van der Waals surface area contributed by atoms with Crippen LogP contribution in [-0.2, 0) is 0 Å². The van der Waals surface area contributed by atoms with Gasteiger partial charge in [-0.15, -0.1) is 0 Å². The second kappa shape index (κ2) is 4.43. The van der Waals surface area contributed by atoms with Crippen LogP contribution in [0.5, 0.6) is 0 Å². The fraction of sp³-hybridized carbons (Fsp3) is 0.273. The Balaban J connectivity index is 0.000000461. The average molecular weight is 187 g/mol. The van der Waals surface area contributed by atoms with Crippen molar-refractivity contribution in [1.82, 2.24) is 9.38 Å². The minimum absolute atomic E-state index is 0.619. The zero-order valence-corrected chi connectivity index (χ0v) is 8.65. The minimum atomic E-state index is 0.619. The summed E-state index contributed by atoms with van der Waals surface area (Å²) in [5.74, 6) is 0. The predicted molar refractivity (Wildman–Crippen MR) is 56.0 cm³/mol. The number of pyridine rings is 1. The van der Waals surface area contributed by atoms with Gasteiger partial charge in [0, 0.05) is 6.20 Å². The fourth-order valence-electron chi connectivity index (χ4n) is 1.22. The van der Waals surface area contributed by atoms with E-state index in [9.17, 15) is 0 Å². The van der Waals surface area contributed by atoms with E-state index in [0.29, 0.717) is 5.69 Å². The van der Waals surface area contributed by atoms with Crippen molar-refractivity contribution < 1.29 is 0 Å². The topological polar surface area (TPSA) is 41.1 Å². The molecule has 0 spiro atoms. The quantitative estimate of drug-likeness (QED) is 0.636. The largest absolute Gasteiger partial charge is 0.291 e. The molecule has 2 aromatic heterocycles. The van der Waals surface area contributed by atoms with Crippen LogP contribution >= 0.6 is 0 Å². The van der Waals surface area contributed by atoms with E-state index in [-0.39, 0.29) is 0 Å². The first-order chi connectivity index (χ1) is 6.81. The number of aromatic nitrogens is 2. The Hall–Kier alpha value is -1.82. The second-order valence-electron chi connectivity index (χ2n) is 2.63. The molecule has 0 unspecified atom stereocenters. The lowest BCUT2D eigenvalue weighted by Gasteiger charge is -1.93. The molecule has 0 aliphatic heterocycles. The predicted octanol–water partition coefficient (Wildman–Crippen LogP) is 2.54. The number of rotatable bonds is 0. The molecule has 2 aromatic rings. The summed E-state index contributed by atoms with van der Waals surface area (Å²) < 4.78 is 1.79. The molecule has 2 heterocycles. The fourth-order valence-corrected chi connectivity index (χ4v) is 1.22. The number of hydrogen-bond donors (Lipinski definition) is 0. The maximum absolute atomic E-state index is 8.75. The zero-order chi connectivity index (χ0) is 10.6. The molecule has 0 N–H and O–H groups in total. The van der Waals surface area contributed by atoms with Crippen molar-refractivity contribution in [3.05, 3.63) is 35.8 Å². The molecule has 2 rings (SSSR count). The Morgan fingerprint density at radius 1 is 1.36 bits per heavy atom. The summed E-state index contributed by atoms with van der Waals surface area (Å²) in [7, 11) is 0.